The highest BCUT2D eigenvalue weighted by atomic mass is 16.6. The van der Waals surface area contributed by atoms with E-state index >= 15 is 0 Å². The molecule has 2 N–H and O–H groups in total. The maximum absolute atomic E-state index is 11.6. The quantitative estimate of drug-likeness (QED) is 0.538. The number of amides is 1. The molecule has 7 nitrogen and oxygen atoms in total. The zero-order valence-electron chi connectivity index (χ0n) is 9.72. The molecule has 0 aliphatic carbocycles. The van der Waals surface area contributed by atoms with Gasteiger partial charge in [0.15, 0.2) is 11.5 Å². The predicted molar refractivity (Wildman–Crippen MR) is 58.7 cm³/mol. The van der Waals surface area contributed by atoms with Crippen molar-refractivity contribution in [2.45, 2.75) is 6.92 Å². The standard InChI is InChI=1S/C11H10N2O5/c1-5-9-7(4-13(5)2)17-11(16)6(10(12)15)3-8(14)18-9/h3-4H,1-2H3,(H2,12,15)/b6-3-. The summed E-state index contributed by atoms with van der Waals surface area (Å²) in [6.07, 6.45) is 2.19. The molecule has 1 amide bonds. The van der Waals surface area contributed by atoms with E-state index in [2.05, 4.69) is 0 Å². The highest BCUT2D eigenvalue weighted by molar-refractivity contribution is 6.19. The number of ether oxygens (including phenoxy) is 2. The van der Waals surface area contributed by atoms with Crippen LogP contribution >= 0.6 is 0 Å². The third-order valence-electron chi connectivity index (χ3n) is 2.55. The molecule has 1 aromatic heterocycles. The van der Waals surface area contributed by atoms with Gasteiger partial charge in [0.2, 0.25) is 0 Å². The fraction of sp³-hybridized carbons (Fsp3) is 0.182. The average molecular weight is 250 g/mol. The van der Waals surface area contributed by atoms with Gasteiger partial charge >= 0.3 is 11.9 Å². The zero-order chi connectivity index (χ0) is 13.4. The van der Waals surface area contributed by atoms with E-state index in [1.165, 1.54) is 6.20 Å². The van der Waals surface area contributed by atoms with Crippen molar-refractivity contribution in [2.24, 2.45) is 12.8 Å². The lowest BCUT2D eigenvalue weighted by Crippen LogP contribution is -2.27. The molecule has 0 saturated carbocycles. The third kappa shape index (κ3) is 1.86. The molecule has 0 fully saturated rings. The van der Waals surface area contributed by atoms with Crippen molar-refractivity contribution in [1.82, 2.24) is 4.57 Å². The fourth-order valence-corrected chi connectivity index (χ4v) is 1.50. The first-order valence-corrected chi connectivity index (χ1v) is 5.01. The van der Waals surface area contributed by atoms with Gasteiger partial charge < -0.3 is 19.8 Å². The van der Waals surface area contributed by atoms with E-state index in [0.29, 0.717) is 5.69 Å². The van der Waals surface area contributed by atoms with Gasteiger partial charge in [-0.2, -0.15) is 0 Å². The smallest absolute Gasteiger partial charge is 0.349 e. The zero-order valence-corrected chi connectivity index (χ0v) is 9.72. The van der Waals surface area contributed by atoms with Crippen LogP contribution in [0.25, 0.3) is 0 Å². The van der Waals surface area contributed by atoms with Gasteiger partial charge in [0.25, 0.3) is 5.91 Å². The summed E-state index contributed by atoms with van der Waals surface area (Å²) in [6.45, 7) is 1.69. The van der Waals surface area contributed by atoms with E-state index in [0.717, 1.165) is 6.08 Å². The van der Waals surface area contributed by atoms with Gasteiger partial charge in [-0.3, -0.25) is 4.79 Å². The van der Waals surface area contributed by atoms with Crippen LogP contribution in [0.5, 0.6) is 11.5 Å². The summed E-state index contributed by atoms with van der Waals surface area (Å²) < 4.78 is 11.6. The number of primary amides is 1. The Hall–Kier alpha value is -2.57. The van der Waals surface area contributed by atoms with Crippen LogP contribution in [-0.2, 0) is 21.4 Å². The van der Waals surface area contributed by atoms with E-state index < -0.39 is 23.4 Å². The summed E-state index contributed by atoms with van der Waals surface area (Å²) in [5.41, 5.74) is 5.04. The number of fused-ring (bicyclic) bond motifs is 1. The first-order valence-electron chi connectivity index (χ1n) is 5.01. The van der Waals surface area contributed by atoms with Crippen molar-refractivity contribution in [3.8, 4) is 11.5 Å². The van der Waals surface area contributed by atoms with E-state index in [-0.39, 0.29) is 11.5 Å². The van der Waals surface area contributed by atoms with Crippen molar-refractivity contribution in [2.75, 3.05) is 0 Å². The summed E-state index contributed by atoms with van der Waals surface area (Å²) in [5.74, 6) is -2.66. The maximum Gasteiger partial charge on any atom is 0.349 e. The second-order valence-electron chi connectivity index (χ2n) is 3.75. The van der Waals surface area contributed by atoms with Gasteiger partial charge in [0, 0.05) is 13.1 Å². The summed E-state index contributed by atoms with van der Waals surface area (Å²) in [7, 11) is 1.70. The Labute approximate surface area is 102 Å². The average Bonchev–Trinajstić information content (AvgIpc) is 2.51. The first-order chi connectivity index (χ1) is 8.40. The molecule has 0 spiro atoms. The minimum Gasteiger partial charge on any atom is -0.417 e. The Morgan fingerprint density at radius 3 is 2.61 bits per heavy atom. The SMILES string of the molecule is Cc1c2c(cn1C)OC(=O)/C(C(N)=O)=C\C(=O)O2. The number of esters is 2. The number of carbonyl (C=O) groups is 3. The van der Waals surface area contributed by atoms with Crippen LogP contribution in [0.4, 0.5) is 0 Å². The van der Waals surface area contributed by atoms with Crippen LogP contribution in [-0.4, -0.2) is 22.4 Å². The van der Waals surface area contributed by atoms with Gasteiger partial charge in [-0.25, -0.2) is 9.59 Å². The Balaban J connectivity index is 2.51. The first kappa shape index (κ1) is 11.9. The molecule has 7 heteroatoms. The van der Waals surface area contributed by atoms with Gasteiger partial charge in [0.05, 0.1) is 11.9 Å². The monoisotopic (exact) mass is 250 g/mol. The Morgan fingerprint density at radius 2 is 2.00 bits per heavy atom. The molecular formula is C11H10N2O5. The Kier molecular flexibility index (Phi) is 2.66. The molecule has 0 unspecified atom stereocenters. The molecule has 1 aliphatic heterocycles. The fourth-order valence-electron chi connectivity index (χ4n) is 1.50. The molecule has 1 aromatic rings. The molecule has 94 valence electrons. The molecule has 2 rings (SSSR count). The lowest BCUT2D eigenvalue weighted by atomic mass is 10.2. The number of hydrogen-bond donors (Lipinski definition) is 1. The molecule has 0 bridgehead atoms. The maximum atomic E-state index is 11.6. The van der Waals surface area contributed by atoms with E-state index in [9.17, 15) is 14.4 Å². The van der Waals surface area contributed by atoms with Gasteiger partial charge in [-0.05, 0) is 6.92 Å². The number of aromatic nitrogens is 1. The highest BCUT2D eigenvalue weighted by Crippen LogP contribution is 2.34. The number of aryl methyl sites for hydroxylation is 1. The van der Waals surface area contributed by atoms with E-state index in [1.807, 2.05) is 0 Å². The summed E-state index contributed by atoms with van der Waals surface area (Å²) >= 11 is 0. The molecule has 0 saturated heterocycles. The summed E-state index contributed by atoms with van der Waals surface area (Å²) in [6, 6.07) is 0. The van der Waals surface area contributed by atoms with Crippen LogP contribution in [0.2, 0.25) is 0 Å². The molecule has 18 heavy (non-hydrogen) atoms. The number of carbonyl (C=O) groups excluding carboxylic acids is 3. The highest BCUT2D eigenvalue weighted by Gasteiger charge is 2.27. The number of nitrogens with two attached hydrogens (primary N) is 1. The molecular weight excluding hydrogens is 240 g/mol. The number of hydrogen-bond acceptors (Lipinski definition) is 5. The molecule has 1 aliphatic rings. The topological polar surface area (TPSA) is 101 Å². The predicted octanol–water partition coefficient (Wildman–Crippen LogP) is -0.430. The Morgan fingerprint density at radius 1 is 1.33 bits per heavy atom. The van der Waals surface area contributed by atoms with Crippen LogP contribution in [0.15, 0.2) is 17.8 Å². The molecule has 0 radical (unpaired) electrons. The van der Waals surface area contributed by atoms with Crippen molar-refractivity contribution >= 4 is 17.8 Å². The minimum absolute atomic E-state index is 0.0696. The lowest BCUT2D eigenvalue weighted by Gasteiger charge is -2.10. The van der Waals surface area contributed by atoms with Gasteiger partial charge in [-0.1, -0.05) is 0 Å². The van der Waals surface area contributed by atoms with Crippen molar-refractivity contribution in [3.05, 3.63) is 23.5 Å². The number of rotatable bonds is 1. The van der Waals surface area contributed by atoms with Crippen molar-refractivity contribution in [3.63, 3.8) is 0 Å². The van der Waals surface area contributed by atoms with Gasteiger partial charge in [-0.15, -0.1) is 0 Å². The number of nitrogens with zero attached hydrogens (tertiary/aromatic N) is 1. The van der Waals surface area contributed by atoms with Crippen LogP contribution in [0.3, 0.4) is 0 Å². The van der Waals surface area contributed by atoms with Crippen LogP contribution < -0.4 is 15.2 Å². The lowest BCUT2D eigenvalue weighted by molar-refractivity contribution is -0.136. The van der Waals surface area contributed by atoms with Crippen molar-refractivity contribution < 1.29 is 23.9 Å². The summed E-state index contributed by atoms with van der Waals surface area (Å²) in [4.78, 5) is 34.1. The van der Waals surface area contributed by atoms with E-state index in [4.69, 9.17) is 15.2 Å². The van der Waals surface area contributed by atoms with Crippen molar-refractivity contribution in [1.29, 1.82) is 0 Å². The Bertz CT molecular complexity index is 597. The van der Waals surface area contributed by atoms with E-state index in [1.54, 1.807) is 18.5 Å². The van der Waals surface area contributed by atoms with Gasteiger partial charge in [0.1, 0.15) is 5.57 Å². The molecule has 0 atom stereocenters. The van der Waals surface area contributed by atoms with Crippen LogP contribution in [0, 0.1) is 6.92 Å². The second kappa shape index (κ2) is 4.02. The largest absolute Gasteiger partial charge is 0.417 e. The second-order valence-corrected chi connectivity index (χ2v) is 3.75. The summed E-state index contributed by atoms with van der Waals surface area (Å²) in [5, 5.41) is 0. The molecule has 0 aromatic carbocycles. The van der Waals surface area contributed by atoms with Crippen LogP contribution in [0.1, 0.15) is 5.69 Å². The third-order valence-corrected chi connectivity index (χ3v) is 2.55. The normalized spacial score (nSPS) is 17.8. The minimum atomic E-state index is -1.05. The molecule has 2 heterocycles.